The SMILES string of the molecule is CCC(=O)Nc1ccc(-c2nnc3c(C(=O)NC(Cc4ccc(O)cc4)C(=O)O)cccn23)cc1. The molecule has 0 spiro atoms. The fourth-order valence-electron chi connectivity index (χ4n) is 3.55. The number of anilines is 1. The molecule has 2 amide bonds. The van der Waals surface area contributed by atoms with Crippen LogP contribution in [0.1, 0.15) is 29.3 Å². The molecule has 0 fully saturated rings. The molecule has 1 atom stereocenters. The van der Waals surface area contributed by atoms with Gasteiger partial charge in [0.2, 0.25) is 5.91 Å². The van der Waals surface area contributed by atoms with Gasteiger partial charge in [-0.1, -0.05) is 19.1 Å². The lowest BCUT2D eigenvalue weighted by Crippen LogP contribution is -2.42. The average molecular weight is 473 g/mol. The van der Waals surface area contributed by atoms with Crippen LogP contribution in [0.3, 0.4) is 0 Å². The normalized spacial score (nSPS) is 11.7. The summed E-state index contributed by atoms with van der Waals surface area (Å²) >= 11 is 0. The van der Waals surface area contributed by atoms with Crippen molar-refractivity contribution in [2.75, 3.05) is 5.32 Å². The number of hydrogen-bond acceptors (Lipinski definition) is 6. The number of amides is 2. The lowest BCUT2D eigenvalue weighted by Gasteiger charge is -2.15. The van der Waals surface area contributed by atoms with Crippen LogP contribution in [0.15, 0.2) is 66.9 Å². The number of nitrogens with one attached hydrogen (secondary N) is 2. The van der Waals surface area contributed by atoms with Crippen LogP contribution in [0.2, 0.25) is 0 Å². The van der Waals surface area contributed by atoms with E-state index < -0.39 is 17.9 Å². The van der Waals surface area contributed by atoms with Crippen LogP contribution in [0.5, 0.6) is 5.75 Å². The Balaban J connectivity index is 1.57. The number of carboxylic acid groups (broad SMARTS) is 1. The molecule has 0 radical (unpaired) electrons. The number of aromatic hydroxyl groups is 1. The molecule has 35 heavy (non-hydrogen) atoms. The van der Waals surface area contributed by atoms with Crippen molar-refractivity contribution < 1.29 is 24.6 Å². The van der Waals surface area contributed by atoms with Gasteiger partial charge in [0.05, 0.1) is 5.56 Å². The van der Waals surface area contributed by atoms with Crippen LogP contribution in [0.25, 0.3) is 17.0 Å². The molecule has 0 bridgehead atoms. The van der Waals surface area contributed by atoms with E-state index in [9.17, 15) is 24.6 Å². The van der Waals surface area contributed by atoms with Gasteiger partial charge in [0.1, 0.15) is 11.8 Å². The van der Waals surface area contributed by atoms with Gasteiger partial charge in [0, 0.05) is 30.3 Å². The molecule has 4 N–H and O–H groups in total. The maximum atomic E-state index is 13.0. The van der Waals surface area contributed by atoms with Gasteiger partial charge in [-0.3, -0.25) is 14.0 Å². The summed E-state index contributed by atoms with van der Waals surface area (Å²) in [4.78, 5) is 36.4. The van der Waals surface area contributed by atoms with Crippen molar-refractivity contribution in [3.8, 4) is 17.1 Å². The molecule has 1 unspecified atom stereocenters. The first-order valence-electron chi connectivity index (χ1n) is 10.9. The summed E-state index contributed by atoms with van der Waals surface area (Å²) in [6.07, 6.45) is 2.13. The third-order valence-corrected chi connectivity index (χ3v) is 5.41. The Bertz CT molecular complexity index is 1380. The highest BCUT2D eigenvalue weighted by atomic mass is 16.4. The van der Waals surface area contributed by atoms with E-state index in [4.69, 9.17) is 0 Å². The van der Waals surface area contributed by atoms with Gasteiger partial charge in [-0.15, -0.1) is 10.2 Å². The van der Waals surface area contributed by atoms with E-state index in [1.54, 1.807) is 66.1 Å². The molecule has 4 aromatic rings. The molecule has 0 saturated heterocycles. The number of rotatable bonds is 8. The highest BCUT2D eigenvalue weighted by molar-refractivity contribution is 6.01. The van der Waals surface area contributed by atoms with Crippen LogP contribution < -0.4 is 10.6 Å². The molecule has 178 valence electrons. The fourth-order valence-corrected chi connectivity index (χ4v) is 3.55. The van der Waals surface area contributed by atoms with Crippen LogP contribution >= 0.6 is 0 Å². The zero-order valence-electron chi connectivity index (χ0n) is 18.8. The van der Waals surface area contributed by atoms with E-state index in [2.05, 4.69) is 20.8 Å². The second-order valence-corrected chi connectivity index (χ2v) is 7.85. The Hall–Kier alpha value is -4.73. The predicted octanol–water partition coefficient (Wildman–Crippen LogP) is 2.88. The van der Waals surface area contributed by atoms with Gasteiger partial charge in [-0.05, 0) is 54.1 Å². The van der Waals surface area contributed by atoms with E-state index in [-0.39, 0.29) is 29.3 Å². The zero-order chi connectivity index (χ0) is 24.9. The lowest BCUT2D eigenvalue weighted by atomic mass is 10.1. The van der Waals surface area contributed by atoms with Gasteiger partial charge in [-0.2, -0.15) is 0 Å². The van der Waals surface area contributed by atoms with Gasteiger partial charge in [-0.25, -0.2) is 4.79 Å². The highest BCUT2D eigenvalue weighted by Gasteiger charge is 2.23. The lowest BCUT2D eigenvalue weighted by molar-refractivity contribution is -0.139. The van der Waals surface area contributed by atoms with Gasteiger partial charge >= 0.3 is 5.97 Å². The van der Waals surface area contributed by atoms with E-state index in [1.165, 1.54) is 12.1 Å². The number of carboxylic acids is 1. The third-order valence-electron chi connectivity index (χ3n) is 5.41. The molecule has 2 heterocycles. The molecular weight excluding hydrogens is 450 g/mol. The Morgan fingerprint density at radius 1 is 1.00 bits per heavy atom. The van der Waals surface area contributed by atoms with E-state index in [0.29, 0.717) is 23.5 Å². The van der Waals surface area contributed by atoms with Gasteiger partial charge < -0.3 is 20.8 Å². The summed E-state index contributed by atoms with van der Waals surface area (Å²) in [7, 11) is 0. The van der Waals surface area contributed by atoms with Crippen LogP contribution in [-0.4, -0.2) is 48.6 Å². The van der Waals surface area contributed by atoms with Crippen molar-refractivity contribution in [3.63, 3.8) is 0 Å². The number of phenolic OH excluding ortho intramolecular Hbond substituents is 1. The Morgan fingerprint density at radius 2 is 1.71 bits per heavy atom. The molecule has 0 aliphatic heterocycles. The van der Waals surface area contributed by atoms with Crippen molar-refractivity contribution in [2.24, 2.45) is 0 Å². The predicted molar refractivity (Wildman–Crippen MR) is 128 cm³/mol. The minimum Gasteiger partial charge on any atom is -0.508 e. The highest BCUT2D eigenvalue weighted by Crippen LogP contribution is 2.22. The first kappa shape index (κ1) is 23.4. The van der Waals surface area contributed by atoms with E-state index in [1.807, 2.05) is 0 Å². The summed E-state index contributed by atoms with van der Waals surface area (Å²) in [5, 5.41) is 32.7. The third kappa shape index (κ3) is 5.27. The largest absolute Gasteiger partial charge is 0.508 e. The summed E-state index contributed by atoms with van der Waals surface area (Å²) in [6.45, 7) is 1.77. The number of carbonyl (C=O) groups is 3. The summed E-state index contributed by atoms with van der Waals surface area (Å²) in [5.41, 5.74) is 2.48. The smallest absolute Gasteiger partial charge is 0.326 e. The van der Waals surface area contributed by atoms with E-state index >= 15 is 0 Å². The average Bonchev–Trinajstić information content (AvgIpc) is 3.29. The molecule has 0 saturated carbocycles. The summed E-state index contributed by atoms with van der Waals surface area (Å²) < 4.78 is 1.64. The maximum Gasteiger partial charge on any atom is 0.326 e. The number of hydrogen-bond donors (Lipinski definition) is 4. The first-order valence-corrected chi connectivity index (χ1v) is 10.9. The number of carbonyl (C=O) groups excluding carboxylic acids is 2. The second kappa shape index (κ2) is 10.0. The van der Waals surface area contributed by atoms with Gasteiger partial charge in [0.15, 0.2) is 11.5 Å². The van der Waals surface area contributed by atoms with Crippen LogP contribution in [0.4, 0.5) is 5.69 Å². The summed E-state index contributed by atoms with van der Waals surface area (Å²) in [5.74, 6) is -1.32. The summed E-state index contributed by atoms with van der Waals surface area (Å²) in [6, 6.07) is 15.2. The molecule has 10 heteroatoms. The molecule has 2 aromatic heterocycles. The fraction of sp³-hybridized carbons (Fsp3) is 0.160. The number of phenols is 1. The van der Waals surface area contributed by atoms with Crippen LogP contribution in [0, 0.1) is 0 Å². The van der Waals surface area contributed by atoms with Crippen LogP contribution in [-0.2, 0) is 16.0 Å². The molecule has 0 aliphatic rings. The standard InChI is InChI=1S/C25H23N5O5/c1-2-21(32)26-17-9-7-16(8-10-17)22-28-29-23-19(4-3-13-30(22)23)24(33)27-20(25(34)35)14-15-5-11-18(31)12-6-15/h3-13,20,31H,2,14H2,1H3,(H,26,32)(H,27,33)(H,34,35). The minimum absolute atomic E-state index is 0.0450. The van der Waals surface area contributed by atoms with Crippen molar-refractivity contribution in [1.82, 2.24) is 19.9 Å². The van der Waals surface area contributed by atoms with Crippen molar-refractivity contribution >= 4 is 29.1 Å². The topological polar surface area (TPSA) is 146 Å². The number of nitrogens with zero attached hydrogens (tertiary/aromatic N) is 3. The minimum atomic E-state index is -1.18. The number of pyridine rings is 1. The monoisotopic (exact) mass is 473 g/mol. The number of fused-ring (bicyclic) bond motifs is 1. The van der Waals surface area contributed by atoms with Crippen molar-refractivity contribution in [2.45, 2.75) is 25.8 Å². The zero-order valence-corrected chi connectivity index (χ0v) is 18.8. The first-order chi connectivity index (χ1) is 16.9. The molecule has 4 rings (SSSR count). The molecule has 2 aromatic carbocycles. The maximum absolute atomic E-state index is 13.0. The molecule has 10 nitrogen and oxygen atoms in total. The van der Waals surface area contributed by atoms with Crippen molar-refractivity contribution in [1.29, 1.82) is 0 Å². The number of aliphatic carboxylic acids is 1. The Morgan fingerprint density at radius 3 is 2.37 bits per heavy atom. The quantitative estimate of drug-likeness (QED) is 0.308. The molecule has 0 aliphatic carbocycles. The van der Waals surface area contributed by atoms with Gasteiger partial charge in [0.25, 0.3) is 5.91 Å². The van der Waals surface area contributed by atoms with Crippen molar-refractivity contribution in [3.05, 3.63) is 78.0 Å². The van der Waals surface area contributed by atoms with E-state index in [0.717, 1.165) is 5.56 Å². The second-order valence-electron chi connectivity index (χ2n) is 7.85. The molecular formula is C25H23N5O5. The Kier molecular flexibility index (Phi) is 6.72. The number of benzene rings is 2. The number of aromatic nitrogens is 3. The Labute approximate surface area is 200 Å².